The third-order valence-corrected chi connectivity index (χ3v) is 1.07. The zero-order valence-corrected chi connectivity index (χ0v) is 5.07. The second kappa shape index (κ2) is 2.38. The number of nitrogens with one attached hydrogen (secondary N) is 1. The molecule has 5 nitrogen and oxygen atoms in total. The Balaban J connectivity index is 2.91. The van der Waals surface area contributed by atoms with Crippen LogP contribution in [0, 0.1) is 15.5 Å². The highest BCUT2D eigenvalue weighted by atomic mass is 16.6. The monoisotopic (exact) mass is 139 g/mol. The van der Waals surface area contributed by atoms with Gasteiger partial charge in [0.25, 0.3) is 0 Å². The van der Waals surface area contributed by atoms with Gasteiger partial charge in [-0.15, -0.1) is 0 Å². The summed E-state index contributed by atoms with van der Waals surface area (Å²) in [5.74, 6) is -0.345. The Bertz CT molecular complexity index is 241. The summed E-state index contributed by atoms with van der Waals surface area (Å²) >= 11 is 0. The van der Waals surface area contributed by atoms with Gasteiger partial charge in [-0.25, -0.2) is 0 Å². The van der Waals surface area contributed by atoms with Crippen molar-refractivity contribution in [2.75, 3.05) is 0 Å². The van der Waals surface area contributed by atoms with E-state index in [9.17, 15) is 10.1 Å². The first-order chi connectivity index (χ1) is 4.72. The van der Waals surface area contributed by atoms with Crippen LogP contribution in [0.25, 0.3) is 0 Å². The molecule has 1 N–H and O–H groups in total. The molecular formula is C5H5N3O2. The van der Waals surface area contributed by atoms with Gasteiger partial charge in [-0.3, -0.25) is 5.41 Å². The van der Waals surface area contributed by atoms with Gasteiger partial charge in [-0.1, -0.05) is 0 Å². The van der Waals surface area contributed by atoms with E-state index in [0.717, 1.165) is 0 Å². The summed E-state index contributed by atoms with van der Waals surface area (Å²) in [5.41, 5.74) is -0.0347. The van der Waals surface area contributed by atoms with Gasteiger partial charge < -0.3 is 10.1 Å². The number of allylic oxidation sites excluding steroid dienone is 1. The van der Waals surface area contributed by atoms with E-state index in [4.69, 9.17) is 5.41 Å². The molecule has 0 bridgehead atoms. The summed E-state index contributed by atoms with van der Waals surface area (Å²) in [6, 6.07) is 0. The van der Waals surface area contributed by atoms with E-state index in [1.807, 2.05) is 0 Å². The van der Waals surface area contributed by atoms with Crippen LogP contribution in [0.3, 0.4) is 0 Å². The predicted octanol–water partition coefficient (Wildman–Crippen LogP) is 0.599. The third kappa shape index (κ3) is 1.07. The minimum Gasteiger partial charge on any atom is -0.358 e. The summed E-state index contributed by atoms with van der Waals surface area (Å²) in [4.78, 5) is 12.8. The van der Waals surface area contributed by atoms with E-state index >= 15 is 0 Å². The molecule has 0 radical (unpaired) electrons. The van der Waals surface area contributed by atoms with E-state index in [-0.39, 0.29) is 11.5 Å². The minimum absolute atomic E-state index is 0.0347. The highest BCUT2D eigenvalue weighted by Crippen LogP contribution is 1.98. The molecule has 0 unspecified atom stereocenters. The minimum atomic E-state index is -0.647. The van der Waals surface area contributed by atoms with Crippen LogP contribution in [-0.2, 0) is 0 Å². The number of aliphatic imine (C=N–C) groups is 1. The molecule has 5 heteroatoms. The van der Waals surface area contributed by atoms with Crippen molar-refractivity contribution in [3.05, 3.63) is 22.4 Å². The van der Waals surface area contributed by atoms with Crippen molar-refractivity contribution in [3.63, 3.8) is 0 Å². The summed E-state index contributed by atoms with van der Waals surface area (Å²) in [7, 11) is 0. The smallest absolute Gasteiger partial charge is 0.358 e. The van der Waals surface area contributed by atoms with Crippen LogP contribution < -0.4 is 0 Å². The van der Waals surface area contributed by atoms with Gasteiger partial charge in [0, 0.05) is 6.42 Å². The fraction of sp³-hybridized carbons (Fsp3) is 0.200. The van der Waals surface area contributed by atoms with Gasteiger partial charge in [0.05, 0.1) is 0 Å². The molecule has 0 amide bonds. The van der Waals surface area contributed by atoms with Gasteiger partial charge in [0.1, 0.15) is 11.9 Å². The van der Waals surface area contributed by atoms with Crippen molar-refractivity contribution in [1.29, 1.82) is 5.41 Å². The second-order valence-corrected chi connectivity index (χ2v) is 1.78. The topological polar surface area (TPSA) is 79.3 Å². The average Bonchev–Trinajstić information content (AvgIpc) is 1.88. The molecule has 0 atom stereocenters. The van der Waals surface area contributed by atoms with Crippen molar-refractivity contribution in [1.82, 2.24) is 0 Å². The zero-order chi connectivity index (χ0) is 7.56. The fourth-order valence-electron chi connectivity index (χ4n) is 0.620. The van der Waals surface area contributed by atoms with Crippen molar-refractivity contribution < 1.29 is 4.92 Å². The molecule has 1 aliphatic rings. The first kappa shape index (κ1) is 6.60. The summed E-state index contributed by atoms with van der Waals surface area (Å²) < 4.78 is 0. The Morgan fingerprint density at radius 1 is 1.80 bits per heavy atom. The molecule has 10 heavy (non-hydrogen) atoms. The van der Waals surface area contributed by atoms with E-state index in [0.29, 0.717) is 6.42 Å². The number of hydrogen-bond donors (Lipinski definition) is 1. The molecule has 1 rings (SSSR count). The van der Waals surface area contributed by atoms with Crippen LogP contribution in [0.1, 0.15) is 6.42 Å². The van der Waals surface area contributed by atoms with E-state index < -0.39 is 4.92 Å². The molecule has 0 aromatic heterocycles. The van der Waals surface area contributed by atoms with Gasteiger partial charge in [-0.05, 0) is 16.0 Å². The number of nitrogens with zero attached hydrogens (tertiary/aromatic N) is 2. The van der Waals surface area contributed by atoms with Crippen LogP contribution in [0.2, 0.25) is 0 Å². The Labute approximate surface area is 56.7 Å². The quantitative estimate of drug-likeness (QED) is 0.394. The normalized spacial score (nSPS) is 16.8. The van der Waals surface area contributed by atoms with Crippen molar-refractivity contribution in [2.45, 2.75) is 6.42 Å². The van der Waals surface area contributed by atoms with E-state index in [2.05, 4.69) is 4.99 Å². The van der Waals surface area contributed by atoms with E-state index in [1.54, 1.807) is 6.08 Å². The lowest BCUT2D eigenvalue weighted by Crippen LogP contribution is -2.23. The summed E-state index contributed by atoms with van der Waals surface area (Å²) in [5, 5.41) is 17.1. The molecule has 0 saturated heterocycles. The Morgan fingerprint density at radius 3 is 2.90 bits per heavy atom. The molecule has 0 spiro atoms. The maximum absolute atomic E-state index is 10.1. The summed E-state index contributed by atoms with van der Waals surface area (Å²) in [6.07, 6.45) is 3.26. The highest BCUT2D eigenvalue weighted by molar-refractivity contribution is 6.37. The van der Waals surface area contributed by atoms with Crippen LogP contribution >= 0.6 is 0 Å². The van der Waals surface area contributed by atoms with Gasteiger partial charge in [0.15, 0.2) is 0 Å². The maximum Gasteiger partial charge on any atom is 0.384 e. The van der Waals surface area contributed by atoms with Gasteiger partial charge in [0.2, 0.25) is 0 Å². The van der Waals surface area contributed by atoms with Crippen molar-refractivity contribution in [2.24, 2.45) is 4.99 Å². The Hall–Kier alpha value is -1.52. The lowest BCUT2D eigenvalue weighted by atomic mass is 10.2. The van der Waals surface area contributed by atoms with Crippen LogP contribution in [0.4, 0.5) is 0 Å². The molecule has 0 aromatic carbocycles. The fourth-order valence-corrected chi connectivity index (χ4v) is 0.620. The number of rotatable bonds is 0. The lowest BCUT2D eigenvalue weighted by Gasteiger charge is -1.98. The second-order valence-electron chi connectivity index (χ2n) is 1.78. The molecule has 52 valence electrons. The number of amidine groups is 1. The molecule has 0 aromatic rings. The molecule has 0 aliphatic carbocycles. The van der Waals surface area contributed by atoms with Crippen LogP contribution in [0.5, 0.6) is 0 Å². The predicted molar refractivity (Wildman–Crippen MR) is 35.9 cm³/mol. The first-order valence-electron chi connectivity index (χ1n) is 2.67. The maximum atomic E-state index is 10.1. The number of hydrogen-bond acceptors (Lipinski definition) is 4. The van der Waals surface area contributed by atoms with E-state index in [1.165, 1.54) is 6.20 Å². The third-order valence-electron chi connectivity index (χ3n) is 1.07. The van der Waals surface area contributed by atoms with Crippen molar-refractivity contribution >= 4 is 11.5 Å². The van der Waals surface area contributed by atoms with Gasteiger partial charge in [-0.2, -0.15) is 0 Å². The Morgan fingerprint density at radius 2 is 2.50 bits per heavy atom. The average molecular weight is 139 g/mol. The molecule has 0 fully saturated rings. The summed E-state index contributed by atoms with van der Waals surface area (Å²) in [6.45, 7) is 0. The number of nitro groups is 1. The first-order valence-corrected chi connectivity index (χ1v) is 2.67. The molecule has 1 aliphatic heterocycles. The largest absolute Gasteiger partial charge is 0.384 e. The molecule has 0 saturated carbocycles. The molecule has 1 heterocycles. The zero-order valence-electron chi connectivity index (χ0n) is 5.07. The standard InChI is InChI=1S/C5H5N3O2/c6-4-2-1-3-7-5(4)8(9)10/h1,3,6H,2H2. The molecular weight excluding hydrogens is 134 g/mol. The lowest BCUT2D eigenvalue weighted by molar-refractivity contribution is -0.346. The Kier molecular flexibility index (Phi) is 1.57. The van der Waals surface area contributed by atoms with Gasteiger partial charge >= 0.3 is 5.84 Å². The van der Waals surface area contributed by atoms with Crippen molar-refractivity contribution in [3.8, 4) is 0 Å². The highest BCUT2D eigenvalue weighted by Gasteiger charge is 2.19. The van der Waals surface area contributed by atoms with Crippen LogP contribution in [0.15, 0.2) is 17.3 Å². The van der Waals surface area contributed by atoms with Crippen LogP contribution in [-0.4, -0.2) is 16.5 Å². The SMILES string of the molecule is N=C1CC=CN=C1[N+](=O)[O-].